The number of H-pyrrole nitrogens is 1. The van der Waals surface area contributed by atoms with Crippen LogP contribution in [-0.4, -0.2) is 22.0 Å². The topological polar surface area (TPSA) is 82.2 Å². The molecule has 0 saturated carbocycles. The average molecular weight is 300 g/mol. The van der Waals surface area contributed by atoms with Gasteiger partial charge in [0.25, 0.3) is 5.91 Å². The van der Waals surface area contributed by atoms with Crippen molar-refractivity contribution in [3.05, 3.63) is 52.5 Å². The van der Waals surface area contributed by atoms with Crippen LogP contribution in [0.25, 0.3) is 10.9 Å². The first kappa shape index (κ1) is 13.4. The number of carboxylic acid groups (broad SMARTS) is 1. The van der Waals surface area contributed by atoms with Gasteiger partial charge >= 0.3 is 5.97 Å². The van der Waals surface area contributed by atoms with Crippen LogP contribution < -0.4 is 5.32 Å². The highest BCUT2D eigenvalue weighted by Gasteiger charge is 2.18. The number of benzene rings is 1. The number of aromatic nitrogens is 1. The summed E-state index contributed by atoms with van der Waals surface area (Å²) < 4.78 is 0. The fraction of sp³-hybridized carbons (Fsp3) is 0.0667. The highest BCUT2D eigenvalue weighted by atomic mass is 32.1. The number of amides is 1. The Bertz CT molecular complexity index is 848. The summed E-state index contributed by atoms with van der Waals surface area (Å²) in [6.07, 6.45) is 1.63. The van der Waals surface area contributed by atoms with Crippen molar-refractivity contribution in [3.8, 4) is 0 Å². The van der Waals surface area contributed by atoms with E-state index in [1.165, 1.54) is 11.3 Å². The molecule has 0 aliphatic heterocycles. The Morgan fingerprint density at radius 3 is 2.76 bits per heavy atom. The Balaban J connectivity index is 1.95. The number of carbonyl (C=O) groups is 2. The first-order valence-electron chi connectivity index (χ1n) is 6.27. The van der Waals surface area contributed by atoms with E-state index < -0.39 is 5.97 Å². The van der Waals surface area contributed by atoms with Gasteiger partial charge in [0.1, 0.15) is 5.00 Å². The van der Waals surface area contributed by atoms with Crippen molar-refractivity contribution >= 4 is 39.1 Å². The van der Waals surface area contributed by atoms with Crippen LogP contribution in [0.1, 0.15) is 25.6 Å². The predicted octanol–water partition coefficient (Wildman–Crippen LogP) is 3.49. The van der Waals surface area contributed by atoms with E-state index in [0.717, 1.165) is 15.8 Å². The minimum Gasteiger partial charge on any atom is -0.478 e. The molecule has 1 amide bonds. The molecule has 2 aromatic heterocycles. The number of carboxylic acids is 1. The lowest BCUT2D eigenvalue weighted by molar-refractivity contribution is 0.0698. The van der Waals surface area contributed by atoms with Crippen molar-refractivity contribution in [3.63, 3.8) is 0 Å². The molecule has 0 unspecified atom stereocenters. The van der Waals surface area contributed by atoms with Crippen LogP contribution in [0.15, 0.2) is 36.5 Å². The maximum absolute atomic E-state index is 12.4. The monoisotopic (exact) mass is 300 g/mol. The second-order valence-electron chi connectivity index (χ2n) is 4.61. The van der Waals surface area contributed by atoms with E-state index in [-0.39, 0.29) is 11.5 Å². The van der Waals surface area contributed by atoms with Crippen molar-refractivity contribution in [2.75, 3.05) is 5.32 Å². The second kappa shape index (κ2) is 5.06. The van der Waals surface area contributed by atoms with Gasteiger partial charge in [-0.05, 0) is 19.1 Å². The largest absolute Gasteiger partial charge is 0.478 e. The first-order chi connectivity index (χ1) is 10.1. The number of aromatic carboxylic acids is 1. The predicted molar refractivity (Wildman–Crippen MR) is 82.3 cm³/mol. The van der Waals surface area contributed by atoms with Crippen LogP contribution in [0.2, 0.25) is 0 Å². The number of fused-ring (bicyclic) bond motifs is 1. The Morgan fingerprint density at radius 2 is 2.00 bits per heavy atom. The normalized spacial score (nSPS) is 10.7. The Morgan fingerprint density at radius 1 is 1.24 bits per heavy atom. The molecular weight excluding hydrogens is 288 g/mol. The van der Waals surface area contributed by atoms with E-state index in [1.54, 1.807) is 19.2 Å². The first-order valence-corrected chi connectivity index (χ1v) is 7.09. The Labute approximate surface area is 124 Å². The van der Waals surface area contributed by atoms with Gasteiger partial charge in [-0.15, -0.1) is 11.3 Å². The molecule has 3 N–H and O–H groups in total. The third-order valence-corrected chi connectivity index (χ3v) is 4.11. The molecule has 6 heteroatoms. The highest BCUT2D eigenvalue weighted by molar-refractivity contribution is 7.16. The molecule has 0 atom stereocenters. The molecule has 0 saturated heterocycles. The van der Waals surface area contributed by atoms with E-state index >= 15 is 0 Å². The van der Waals surface area contributed by atoms with Gasteiger partial charge in [0.15, 0.2) is 0 Å². The molecule has 0 radical (unpaired) electrons. The highest BCUT2D eigenvalue weighted by Crippen LogP contribution is 2.28. The minimum absolute atomic E-state index is 0.116. The van der Waals surface area contributed by atoms with E-state index in [2.05, 4.69) is 10.3 Å². The number of nitrogens with one attached hydrogen (secondary N) is 2. The number of rotatable bonds is 3. The molecule has 21 heavy (non-hydrogen) atoms. The van der Waals surface area contributed by atoms with E-state index in [9.17, 15) is 9.59 Å². The molecule has 0 fully saturated rings. The summed E-state index contributed by atoms with van der Waals surface area (Å²) in [6, 6.07) is 9.01. The summed E-state index contributed by atoms with van der Waals surface area (Å²) in [6.45, 7) is 1.80. The molecule has 1 aromatic carbocycles. The molecule has 2 heterocycles. The van der Waals surface area contributed by atoms with Gasteiger partial charge in [0.2, 0.25) is 0 Å². The smallest absolute Gasteiger partial charge is 0.338 e. The third-order valence-electron chi connectivity index (χ3n) is 3.15. The third kappa shape index (κ3) is 2.41. The number of aromatic amines is 1. The summed E-state index contributed by atoms with van der Waals surface area (Å²) in [5.74, 6) is -1.37. The number of anilines is 1. The molecular formula is C15H12N2O3S. The Hall–Kier alpha value is -2.60. The summed E-state index contributed by atoms with van der Waals surface area (Å²) in [4.78, 5) is 27.4. The van der Waals surface area contributed by atoms with E-state index in [4.69, 9.17) is 5.11 Å². The average Bonchev–Trinajstić information content (AvgIpc) is 3.02. The summed E-state index contributed by atoms with van der Waals surface area (Å²) in [7, 11) is 0. The van der Waals surface area contributed by atoms with Crippen molar-refractivity contribution in [2.24, 2.45) is 0 Å². The number of para-hydroxylation sites is 1. The summed E-state index contributed by atoms with van der Waals surface area (Å²) >= 11 is 1.25. The zero-order valence-corrected chi connectivity index (χ0v) is 12.0. The maximum atomic E-state index is 12.4. The van der Waals surface area contributed by atoms with Crippen LogP contribution in [0, 0.1) is 6.92 Å². The SMILES string of the molecule is Cc1cc(C(=O)O)c(NC(=O)c2c[nH]c3ccccc23)s1. The lowest BCUT2D eigenvalue weighted by atomic mass is 10.1. The van der Waals surface area contributed by atoms with Gasteiger partial charge < -0.3 is 15.4 Å². The summed E-state index contributed by atoms with van der Waals surface area (Å²) in [5.41, 5.74) is 1.47. The molecule has 3 rings (SSSR count). The van der Waals surface area contributed by atoms with Gasteiger partial charge in [0, 0.05) is 22.0 Å². The van der Waals surface area contributed by atoms with Crippen molar-refractivity contribution in [2.45, 2.75) is 6.92 Å². The fourth-order valence-electron chi connectivity index (χ4n) is 2.20. The van der Waals surface area contributed by atoms with Crippen LogP contribution in [-0.2, 0) is 0 Å². The molecule has 3 aromatic rings. The van der Waals surface area contributed by atoms with Gasteiger partial charge in [-0.2, -0.15) is 0 Å². The van der Waals surface area contributed by atoms with Crippen molar-refractivity contribution in [1.82, 2.24) is 4.98 Å². The van der Waals surface area contributed by atoms with E-state index in [1.807, 2.05) is 24.3 Å². The zero-order chi connectivity index (χ0) is 15.0. The maximum Gasteiger partial charge on any atom is 0.338 e. The van der Waals surface area contributed by atoms with Gasteiger partial charge in [0.05, 0.1) is 11.1 Å². The molecule has 0 bridgehead atoms. The Kier molecular flexibility index (Phi) is 3.23. The minimum atomic E-state index is -1.05. The molecule has 5 nitrogen and oxygen atoms in total. The standard InChI is InChI=1S/C15H12N2O3S/c1-8-6-10(15(19)20)14(21-8)17-13(18)11-7-16-12-5-3-2-4-9(11)12/h2-7,16H,1H3,(H,17,18)(H,19,20). The zero-order valence-electron chi connectivity index (χ0n) is 11.1. The van der Waals surface area contributed by atoms with Crippen LogP contribution >= 0.6 is 11.3 Å². The van der Waals surface area contributed by atoms with Gasteiger partial charge in [-0.25, -0.2) is 4.79 Å². The van der Waals surface area contributed by atoms with E-state index in [0.29, 0.717) is 10.6 Å². The molecule has 0 spiro atoms. The molecule has 106 valence electrons. The van der Waals surface area contributed by atoms with Crippen LogP contribution in [0.5, 0.6) is 0 Å². The van der Waals surface area contributed by atoms with Crippen LogP contribution in [0.4, 0.5) is 5.00 Å². The molecule has 0 aliphatic rings. The number of carbonyl (C=O) groups excluding carboxylic acids is 1. The fourth-order valence-corrected chi connectivity index (χ4v) is 3.09. The quantitative estimate of drug-likeness (QED) is 0.692. The van der Waals surface area contributed by atoms with Gasteiger partial charge in [-0.1, -0.05) is 18.2 Å². The summed E-state index contributed by atoms with van der Waals surface area (Å²) in [5, 5.41) is 13.0. The van der Waals surface area contributed by atoms with Crippen molar-refractivity contribution < 1.29 is 14.7 Å². The number of hydrogen-bond acceptors (Lipinski definition) is 3. The lowest BCUT2D eigenvalue weighted by Crippen LogP contribution is -2.12. The lowest BCUT2D eigenvalue weighted by Gasteiger charge is -2.03. The van der Waals surface area contributed by atoms with Crippen molar-refractivity contribution in [1.29, 1.82) is 0 Å². The number of aryl methyl sites for hydroxylation is 1. The molecule has 0 aliphatic carbocycles. The van der Waals surface area contributed by atoms with Crippen LogP contribution in [0.3, 0.4) is 0 Å². The van der Waals surface area contributed by atoms with Gasteiger partial charge in [-0.3, -0.25) is 4.79 Å². The number of hydrogen-bond donors (Lipinski definition) is 3. The second-order valence-corrected chi connectivity index (χ2v) is 5.86. The number of thiophene rings is 1.